The minimum atomic E-state index is -0.0172. The van der Waals surface area contributed by atoms with Crippen molar-refractivity contribution in [3.05, 3.63) is 158 Å². The van der Waals surface area contributed by atoms with Crippen molar-refractivity contribution in [3.63, 3.8) is 0 Å². The predicted octanol–water partition coefficient (Wildman–Crippen LogP) is 11.6. The largest absolute Gasteiger partial charge is 0.509 e. The van der Waals surface area contributed by atoms with E-state index in [1.165, 1.54) is 5.56 Å². The van der Waals surface area contributed by atoms with Gasteiger partial charge in [0.15, 0.2) is 0 Å². The van der Waals surface area contributed by atoms with Gasteiger partial charge in [-0.15, -0.1) is 48.1 Å². The Morgan fingerprint density at radius 2 is 1.47 bits per heavy atom. The second-order valence-electron chi connectivity index (χ2n) is 14.1. The summed E-state index contributed by atoms with van der Waals surface area (Å²) in [5.41, 5.74) is 8.64. The summed E-state index contributed by atoms with van der Waals surface area (Å²) < 4.78 is 14.9. The number of hydrogen-bond donors (Lipinski definition) is 0. The zero-order valence-electron chi connectivity index (χ0n) is 29.1. The Bertz CT molecular complexity index is 2830. The van der Waals surface area contributed by atoms with Gasteiger partial charge in [0.1, 0.15) is 17.0 Å². The zero-order valence-corrected chi connectivity index (χ0v) is 31.4. The van der Waals surface area contributed by atoms with Gasteiger partial charge in [0.25, 0.3) is 0 Å². The molecule has 5 aromatic carbocycles. The first-order valence-electron chi connectivity index (χ1n) is 17.3. The first-order valence-corrected chi connectivity index (χ1v) is 17.3. The summed E-state index contributed by atoms with van der Waals surface area (Å²) in [7, 11) is 0. The predicted molar refractivity (Wildman–Crippen MR) is 208 cm³/mol. The van der Waals surface area contributed by atoms with Crippen LogP contribution in [-0.2, 0) is 26.5 Å². The number of anilines is 4. The van der Waals surface area contributed by atoms with Gasteiger partial charge in [0.05, 0.1) is 5.69 Å². The average molecular weight is 870 g/mol. The second kappa shape index (κ2) is 12.6. The van der Waals surface area contributed by atoms with E-state index >= 15 is 0 Å². The zero-order chi connectivity index (χ0) is 35.0. The monoisotopic (exact) mass is 869 g/mol. The van der Waals surface area contributed by atoms with Gasteiger partial charge < -0.3 is 23.5 Å². The van der Waals surface area contributed by atoms with Crippen LogP contribution >= 0.6 is 0 Å². The summed E-state index contributed by atoms with van der Waals surface area (Å²) in [6.45, 7) is 8.73. The molecule has 0 saturated carbocycles. The summed E-state index contributed by atoms with van der Waals surface area (Å²) in [6.07, 6.45) is 5.59. The minimum Gasteiger partial charge on any atom is -0.509 e. The molecule has 1 aliphatic rings. The molecule has 0 radical (unpaired) electrons. The van der Waals surface area contributed by atoms with Crippen LogP contribution in [0.25, 0.3) is 49.6 Å². The van der Waals surface area contributed by atoms with E-state index in [4.69, 9.17) is 14.1 Å². The molecule has 8 heteroatoms. The summed E-state index contributed by atoms with van der Waals surface area (Å²) in [5, 5.41) is 4.35. The number of ether oxygens (including phenoxy) is 1. The van der Waals surface area contributed by atoms with E-state index in [2.05, 4.69) is 114 Å². The van der Waals surface area contributed by atoms with Crippen molar-refractivity contribution in [2.24, 2.45) is 0 Å². The van der Waals surface area contributed by atoms with Crippen LogP contribution in [-0.4, -0.2) is 14.5 Å². The Hall–Kier alpha value is -5.91. The Kier molecular flexibility index (Phi) is 7.86. The number of para-hydroxylation sites is 2. The molecule has 0 aliphatic carbocycles. The molecule has 0 spiro atoms. The molecule has 0 fully saturated rings. The Labute approximate surface area is 321 Å². The third kappa shape index (κ3) is 5.46. The molecule has 0 atom stereocenters. The third-order valence-corrected chi connectivity index (χ3v) is 9.80. The molecule has 0 saturated heterocycles. The summed E-state index contributed by atoms with van der Waals surface area (Å²) >= 11 is 0. The first-order chi connectivity index (χ1) is 25.4. The van der Waals surface area contributed by atoms with Crippen molar-refractivity contribution in [3.8, 4) is 17.3 Å². The number of rotatable bonds is 5. The van der Waals surface area contributed by atoms with Crippen LogP contribution in [0.5, 0.6) is 11.5 Å². The Morgan fingerprint density at radius 3 is 2.36 bits per heavy atom. The molecule has 262 valence electrons. The summed E-state index contributed by atoms with van der Waals surface area (Å²) in [6, 6.07) is 46.1. The maximum atomic E-state index is 6.52. The summed E-state index contributed by atoms with van der Waals surface area (Å²) in [5.74, 6) is 2.01. The van der Waals surface area contributed by atoms with Gasteiger partial charge in [-0.1, -0.05) is 68.8 Å². The van der Waals surface area contributed by atoms with Crippen LogP contribution in [0.2, 0.25) is 0 Å². The van der Waals surface area contributed by atoms with Crippen molar-refractivity contribution >= 4 is 66.5 Å². The number of furan rings is 1. The van der Waals surface area contributed by atoms with Crippen LogP contribution in [0, 0.1) is 18.8 Å². The molecular weight excluding hydrogens is 838 g/mol. The molecule has 0 amide bonds. The molecule has 7 nitrogen and oxygen atoms in total. The average Bonchev–Trinajstić information content (AvgIpc) is 3.84. The number of fused-ring (bicyclic) bond motifs is 7. The van der Waals surface area contributed by atoms with E-state index in [0.717, 1.165) is 72.3 Å². The number of aromatic nitrogens is 3. The standard InChI is InChI=1S/C45H32N5O2.Pt/c1-45(2,3)29-20-23-47-43(24-29)50-36-14-6-4-12-33(36)34-19-18-32(26-39(34)50)51-31-11-8-10-30(25-31)48-28-49(37-21-22-46-27-40(37)48)38-15-9-17-42-44(38)35-13-5-7-16-41(35)52-42;/h4-24,27-28H,1-3H3;/q-3;. The van der Waals surface area contributed by atoms with Crippen molar-refractivity contribution < 1.29 is 30.2 Å². The third-order valence-electron chi connectivity index (χ3n) is 9.80. The summed E-state index contributed by atoms with van der Waals surface area (Å²) in [4.78, 5) is 13.6. The quantitative estimate of drug-likeness (QED) is 0.161. The molecular formula is C45H32N5O2Pt-3. The fourth-order valence-corrected chi connectivity index (χ4v) is 7.28. The molecule has 53 heavy (non-hydrogen) atoms. The Morgan fingerprint density at radius 1 is 0.679 bits per heavy atom. The molecule has 10 rings (SSSR count). The normalized spacial score (nSPS) is 12.9. The van der Waals surface area contributed by atoms with Crippen LogP contribution in [0.4, 0.5) is 22.7 Å². The maximum Gasteiger partial charge on any atom is 0.137 e. The van der Waals surface area contributed by atoms with E-state index in [1.54, 1.807) is 0 Å². The second-order valence-corrected chi connectivity index (χ2v) is 14.1. The van der Waals surface area contributed by atoms with Gasteiger partial charge in [-0.25, -0.2) is 4.98 Å². The van der Waals surface area contributed by atoms with E-state index in [9.17, 15) is 0 Å². The number of benzene rings is 5. The van der Waals surface area contributed by atoms with Crippen LogP contribution in [0.15, 0.2) is 138 Å². The van der Waals surface area contributed by atoms with Gasteiger partial charge in [-0.05, 0) is 58.8 Å². The molecule has 0 N–H and O–H groups in total. The molecule has 5 heterocycles. The van der Waals surface area contributed by atoms with Gasteiger partial charge in [-0.2, -0.15) is 12.1 Å². The SMILES string of the molecule is CC(C)(C)c1ccnc(-n2c3[c-]c(Oc4[c-]c(N5[CH-]N(c6cccc7oc8ccccc8c67)c6ccncc65)ccc4)ccc3c3ccccc32)c1.[Pt]. The van der Waals surface area contributed by atoms with Gasteiger partial charge in [0, 0.05) is 78.8 Å². The van der Waals surface area contributed by atoms with Crippen molar-refractivity contribution in [2.75, 3.05) is 9.80 Å². The van der Waals surface area contributed by atoms with Crippen LogP contribution in [0.1, 0.15) is 26.3 Å². The molecule has 0 bridgehead atoms. The van der Waals surface area contributed by atoms with E-state index in [-0.39, 0.29) is 26.5 Å². The van der Waals surface area contributed by atoms with Crippen LogP contribution < -0.4 is 14.5 Å². The molecule has 4 aromatic heterocycles. The number of hydrogen-bond acceptors (Lipinski definition) is 6. The maximum absolute atomic E-state index is 6.52. The minimum absolute atomic E-state index is 0. The molecule has 1 aliphatic heterocycles. The topological polar surface area (TPSA) is 59.6 Å². The fraction of sp³-hybridized carbons (Fsp3) is 0.0889. The number of pyridine rings is 2. The first kappa shape index (κ1) is 33.0. The van der Waals surface area contributed by atoms with Gasteiger partial charge in [-0.3, -0.25) is 4.98 Å². The van der Waals surface area contributed by atoms with Crippen molar-refractivity contribution in [2.45, 2.75) is 26.2 Å². The van der Waals surface area contributed by atoms with Gasteiger partial charge >= 0.3 is 0 Å². The van der Waals surface area contributed by atoms with Gasteiger partial charge in [0.2, 0.25) is 0 Å². The smallest absolute Gasteiger partial charge is 0.137 e. The number of nitrogens with zero attached hydrogens (tertiary/aromatic N) is 5. The van der Waals surface area contributed by atoms with Crippen molar-refractivity contribution in [1.82, 2.24) is 14.5 Å². The van der Waals surface area contributed by atoms with E-state index in [1.807, 2.05) is 79.3 Å². The van der Waals surface area contributed by atoms with Crippen molar-refractivity contribution in [1.29, 1.82) is 0 Å². The van der Waals surface area contributed by atoms with Crippen LogP contribution in [0.3, 0.4) is 0 Å². The van der Waals surface area contributed by atoms with E-state index in [0.29, 0.717) is 11.5 Å². The molecule has 9 aromatic rings. The fourth-order valence-electron chi connectivity index (χ4n) is 7.28. The Balaban J connectivity index is 0.00000372. The molecule has 0 unspecified atom stereocenters. The van der Waals surface area contributed by atoms with E-state index < -0.39 is 0 Å².